The molecule has 1 atom stereocenters. The number of anilines is 1. The van der Waals surface area contributed by atoms with Crippen molar-refractivity contribution < 1.29 is 9.53 Å². The van der Waals surface area contributed by atoms with Gasteiger partial charge in [-0.25, -0.2) is 0 Å². The van der Waals surface area contributed by atoms with Gasteiger partial charge >= 0.3 is 0 Å². The summed E-state index contributed by atoms with van der Waals surface area (Å²) in [5.41, 5.74) is 2.38. The van der Waals surface area contributed by atoms with Crippen molar-refractivity contribution in [1.29, 1.82) is 0 Å². The zero-order valence-corrected chi connectivity index (χ0v) is 15.4. The van der Waals surface area contributed by atoms with Crippen LogP contribution in [0.3, 0.4) is 0 Å². The number of nitrogens with zero attached hydrogens (tertiary/aromatic N) is 2. The SMILES string of the molecule is C=CCNc1ccccc1C(=O)NCC(c1ccccn1)N1CCOCC1. The summed E-state index contributed by atoms with van der Waals surface area (Å²) in [6, 6.07) is 13.4. The molecular formula is C21H26N4O2. The third-order valence-electron chi connectivity index (χ3n) is 4.58. The van der Waals surface area contributed by atoms with Crippen molar-refractivity contribution in [3.63, 3.8) is 0 Å². The monoisotopic (exact) mass is 366 g/mol. The number of nitrogens with one attached hydrogen (secondary N) is 2. The van der Waals surface area contributed by atoms with E-state index >= 15 is 0 Å². The number of carbonyl (C=O) groups excluding carboxylic acids is 1. The first kappa shape index (κ1) is 19.1. The van der Waals surface area contributed by atoms with E-state index in [2.05, 4.69) is 27.1 Å². The Labute approximate surface area is 160 Å². The number of para-hydroxylation sites is 1. The molecule has 0 aliphatic carbocycles. The van der Waals surface area contributed by atoms with Gasteiger partial charge in [0.2, 0.25) is 0 Å². The highest BCUT2D eigenvalue weighted by Crippen LogP contribution is 2.20. The highest BCUT2D eigenvalue weighted by molar-refractivity contribution is 5.99. The number of amides is 1. The van der Waals surface area contributed by atoms with E-state index < -0.39 is 0 Å². The van der Waals surface area contributed by atoms with Crippen molar-refractivity contribution in [1.82, 2.24) is 15.2 Å². The quantitative estimate of drug-likeness (QED) is 0.703. The minimum Gasteiger partial charge on any atom is -0.381 e. The molecule has 1 fully saturated rings. The number of benzene rings is 1. The topological polar surface area (TPSA) is 66.5 Å². The Bertz CT molecular complexity index is 745. The lowest BCUT2D eigenvalue weighted by Crippen LogP contribution is -2.44. The van der Waals surface area contributed by atoms with Crippen LogP contribution in [0.15, 0.2) is 61.3 Å². The van der Waals surface area contributed by atoms with Crippen molar-refractivity contribution >= 4 is 11.6 Å². The van der Waals surface area contributed by atoms with Crippen molar-refractivity contribution in [3.8, 4) is 0 Å². The third-order valence-corrected chi connectivity index (χ3v) is 4.58. The van der Waals surface area contributed by atoms with Gasteiger partial charge < -0.3 is 15.4 Å². The molecule has 0 saturated carbocycles. The number of hydrogen-bond acceptors (Lipinski definition) is 5. The smallest absolute Gasteiger partial charge is 0.253 e. The van der Waals surface area contributed by atoms with Crippen LogP contribution in [-0.2, 0) is 4.74 Å². The Morgan fingerprint density at radius 3 is 2.74 bits per heavy atom. The first-order valence-corrected chi connectivity index (χ1v) is 9.24. The molecule has 1 aromatic heterocycles. The number of pyridine rings is 1. The van der Waals surface area contributed by atoms with Gasteiger partial charge in [0.1, 0.15) is 0 Å². The van der Waals surface area contributed by atoms with Crippen molar-refractivity contribution in [2.75, 3.05) is 44.7 Å². The molecule has 1 amide bonds. The van der Waals surface area contributed by atoms with Crippen molar-refractivity contribution in [2.24, 2.45) is 0 Å². The molecule has 3 rings (SSSR count). The number of rotatable bonds is 8. The minimum absolute atomic E-state index is 0.0207. The fourth-order valence-corrected chi connectivity index (χ4v) is 3.18. The summed E-state index contributed by atoms with van der Waals surface area (Å²) < 4.78 is 5.47. The lowest BCUT2D eigenvalue weighted by molar-refractivity contribution is 0.0154. The van der Waals surface area contributed by atoms with Gasteiger partial charge in [-0.1, -0.05) is 24.3 Å². The lowest BCUT2D eigenvalue weighted by atomic mass is 10.1. The van der Waals surface area contributed by atoms with E-state index in [1.807, 2.05) is 42.5 Å². The molecule has 1 saturated heterocycles. The van der Waals surface area contributed by atoms with Crippen LogP contribution in [0.2, 0.25) is 0 Å². The summed E-state index contributed by atoms with van der Waals surface area (Å²) in [4.78, 5) is 19.6. The predicted octanol–water partition coefficient (Wildman–Crippen LogP) is 2.48. The summed E-state index contributed by atoms with van der Waals surface area (Å²) in [5.74, 6) is -0.101. The molecule has 27 heavy (non-hydrogen) atoms. The van der Waals surface area contributed by atoms with Gasteiger partial charge in [-0.15, -0.1) is 6.58 Å². The Balaban J connectivity index is 1.71. The third kappa shape index (κ3) is 5.15. The van der Waals surface area contributed by atoms with Gasteiger partial charge in [-0.2, -0.15) is 0 Å². The molecule has 2 heterocycles. The molecule has 2 aromatic rings. The Kier molecular flexibility index (Phi) is 6.96. The standard InChI is InChI=1S/C21H26N4O2/c1-2-10-22-18-8-4-3-7-17(18)21(26)24-16-20(19-9-5-6-11-23-19)25-12-14-27-15-13-25/h2-9,11,20,22H,1,10,12-16H2,(H,24,26). The van der Waals surface area contributed by atoms with Gasteiger partial charge in [0.15, 0.2) is 0 Å². The molecule has 1 unspecified atom stereocenters. The average molecular weight is 366 g/mol. The number of ether oxygens (including phenoxy) is 1. The van der Waals surface area contributed by atoms with E-state index in [0.29, 0.717) is 31.9 Å². The highest BCUT2D eigenvalue weighted by Gasteiger charge is 2.24. The lowest BCUT2D eigenvalue weighted by Gasteiger charge is -2.34. The molecule has 0 bridgehead atoms. The van der Waals surface area contributed by atoms with Gasteiger partial charge in [-0.3, -0.25) is 14.7 Å². The normalized spacial score (nSPS) is 15.7. The zero-order valence-electron chi connectivity index (χ0n) is 15.4. The molecule has 1 aliphatic rings. The maximum absolute atomic E-state index is 12.8. The molecule has 0 radical (unpaired) electrons. The fourth-order valence-electron chi connectivity index (χ4n) is 3.18. The molecule has 6 nitrogen and oxygen atoms in total. The fraction of sp³-hybridized carbons (Fsp3) is 0.333. The van der Waals surface area contributed by atoms with E-state index in [1.54, 1.807) is 12.3 Å². The Morgan fingerprint density at radius 2 is 2.00 bits per heavy atom. The summed E-state index contributed by atoms with van der Waals surface area (Å²) in [5, 5.41) is 6.29. The van der Waals surface area contributed by atoms with E-state index in [0.717, 1.165) is 24.5 Å². The first-order chi connectivity index (χ1) is 13.3. The maximum atomic E-state index is 12.8. The van der Waals surface area contributed by atoms with Crippen LogP contribution in [0.1, 0.15) is 22.1 Å². The molecular weight excluding hydrogens is 340 g/mol. The van der Waals surface area contributed by atoms with Crippen LogP contribution in [0, 0.1) is 0 Å². The minimum atomic E-state index is -0.101. The summed E-state index contributed by atoms with van der Waals surface area (Å²) >= 11 is 0. The van der Waals surface area contributed by atoms with Crippen LogP contribution in [-0.4, -0.2) is 55.2 Å². The summed E-state index contributed by atoms with van der Waals surface area (Å²) in [7, 11) is 0. The van der Waals surface area contributed by atoms with Crippen molar-refractivity contribution in [2.45, 2.75) is 6.04 Å². The van der Waals surface area contributed by atoms with Crippen LogP contribution in [0.25, 0.3) is 0 Å². The second kappa shape index (κ2) is 9.85. The average Bonchev–Trinajstić information content (AvgIpc) is 2.74. The number of hydrogen-bond donors (Lipinski definition) is 2. The molecule has 2 N–H and O–H groups in total. The second-order valence-corrected chi connectivity index (χ2v) is 6.34. The summed E-state index contributed by atoms with van der Waals surface area (Å²) in [6.45, 7) is 7.86. The predicted molar refractivity (Wildman–Crippen MR) is 107 cm³/mol. The van der Waals surface area contributed by atoms with Crippen LogP contribution in [0.4, 0.5) is 5.69 Å². The van der Waals surface area contributed by atoms with E-state index in [1.165, 1.54) is 0 Å². The maximum Gasteiger partial charge on any atom is 0.253 e. The van der Waals surface area contributed by atoms with Crippen LogP contribution >= 0.6 is 0 Å². The van der Waals surface area contributed by atoms with E-state index in [9.17, 15) is 4.79 Å². The van der Waals surface area contributed by atoms with E-state index in [4.69, 9.17) is 4.74 Å². The number of aromatic nitrogens is 1. The van der Waals surface area contributed by atoms with Gasteiger partial charge in [0, 0.05) is 38.1 Å². The van der Waals surface area contributed by atoms with Gasteiger partial charge in [-0.05, 0) is 24.3 Å². The van der Waals surface area contributed by atoms with Crippen molar-refractivity contribution in [3.05, 3.63) is 72.6 Å². The zero-order chi connectivity index (χ0) is 18.9. The largest absolute Gasteiger partial charge is 0.381 e. The van der Waals surface area contributed by atoms with Crippen LogP contribution in [0.5, 0.6) is 0 Å². The van der Waals surface area contributed by atoms with Gasteiger partial charge in [0.25, 0.3) is 5.91 Å². The Hall–Kier alpha value is -2.70. The Morgan fingerprint density at radius 1 is 1.22 bits per heavy atom. The molecule has 1 aromatic carbocycles. The molecule has 142 valence electrons. The molecule has 1 aliphatic heterocycles. The first-order valence-electron chi connectivity index (χ1n) is 9.24. The summed E-state index contributed by atoms with van der Waals surface area (Å²) in [6.07, 6.45) is 3.56. The second-order valence-electron chi connectivity index (χ2n) is 6.34. The van der Waals surface area contributed by atoms with Crippen LogP contribution < -0.4 is 10.6 Å². The van der Waals surface area contributed by atoms with E-state index in [-0.39, 0.29) is 11.9 Å². The molecule has 0 spiro atoms. The number of carbonyl (C=O) groups is 1. The highest BCUT2D eigenvalue weighted by atomic mass is 16.5. The molecule has 6 heteroatoms. The number of morpholine rings is 1. The van der Waals surface area contributed by atoms with Gasteiger partial charge in [0.05, 0.1) is 30.5 Å².